The summed E-state index contributed by atoms with van der Waals surface area (Å²) in [5, 5.41) is 8.52. The zero-order valence-corrected chi connectivity index (χ0v) is 10.1. The van der Waals surface area contributed by atoms with Gasteiger partial charge < -0.3 is 9.84 Å². The maximum Gasteiger partial charge on any atom is 0.414 e. The summed E-state index contributed by atoms with van der Waals surface area (Å²) in [5.41, 5.74) is 1.01. The fraction of sp³-hybridized carbons (Fsp3) is 0.308. The molecule has 1 N–H and O–H groups in total. The van der Waals surface area contributed by atoms with E-state index in [0.29, 0.717) is 11.1 Å². The van der Waals surface area contributed by atoms with Gasteiger partial charge in [0.1, 0.15) is 0 Å². The van der Waals surface area contributed by atoms with Crippen molar-refractivity contribution in [3.8, 4) is 0 Å². The molecule has 0 amide bonds. The van der Waals surface area contributed by atoms with E-state index < -0.39 is 18.2 Å². The van der Waals surface area contributed by atoms with Gasteiger partial charge in [0.2, 0.25) is 0 Å². The number of alkyl halides is 3. The van der Waals surface area contributed by atoms with Crippen LogP contribution in [0, 0.1) is 0 Å². The van der Waals surface area contributed by atoms with Crippen LogP contribution in [0.4, 0.5) is 13.2 Å². The van der Waals surface area contributed by atoms with Gasteiger partial charge in [-0.2, -0.15) is 13.2 Å². The molecule has 0 fully saturated rings. The molecular formula is C13H13F3O3. The number of carbonyl (C=O) groups is 1. The first-order valence-electron chi connectivity index (χ1n) is 5.48. The van der Waals surface area contributed by atoms with Gasteiger partial charge >= 0.3 is 12.1 Å². The van der Waals surface area contributed by atoms with Crippen molar-refractivity contribution in [2.24, 2.45) is 0 Å². The Labute approximate surface area is 108 Å². The lowest BCUT2D eigenvalue weighted by atomic mass is 10.1. The monoisotopic (exact) mass is 274 g/mol. The van der Waals surface area contributed by atoms with Gasteiger partial charge in [0.05, 0.1) is 6.61 Å². The number of hydrogen-bond donors (Lipinski definition) is 1. The lowest BCUT2D eigenvalue weighted by Gasteiger charge is -2.17. The van der Waals surface area contributed by atoms with E-state index in [-0.39, 0.29) is 6.61 Å². The number of hydrogen-bond acceptors (Lipinski definition) is 2. The summed E-state index contributed by atoms with van der Waals surface area (Å²) >= 11 is 0. The molecule has 1 aromatic rings. The molecule has 6 heteroatoms. The summed E-state index contributed by atoms with van der Waals surface area (Å²) < 4.78 is 41.6. The molecule has 0 radical (unpaired) electrons. The van der Waals surface area contributed by atoms with E-state index >= 15 is 0 Å². The zero-order chi connectivity index (χ0) is 14.5. The molecule has 0 bridgehead atoms. The molecule has 0 saturated carbocycles. The Hall–Kier alpha value is -1.82. The standard InChI is InChI=1S/C13H13F3O3/c1-9(13(14,15)16)19-8-11-5-3-2-4-10(11)6-7-12(17)18/h2-7,9H,8H2,1H3,(H,17,18). The first-order valence-corrected chi connectivity index (χ1v) is 5.48. The van der Waals surface area contributed by atoms with Gasteiger partial charge in [-0.3, -0.25) is 0 Å². The maximum atomic E-state index is 12.3. The molecule has 1 rings (SSSR count). The Morgan fingerprint density at radius 2 is 2.05 bits per heavy atom. The number of benzene rings is 1. The second kappa shape index (κ2) is 6.38. The Morgan fingerprint density at radius 3 is 2.63 bits per heavy atom. The van der Waals surface area contributed by atoms with Crippen molar-refractivity contribution in [2.45, 2.75) is 25.8 Å². The highest BCUT2D eigenvalue weighted by Crippen LogP contribution is 2.24. The molecule has 0 heterocycles. The third-order valence-corrected chi connectivity index (χ3v) is 2.41. The summed E-state index contributed by atoms with van der Waals surface area (Å²) in [4.78, 5) is 10.4. The normalized spacial score (nSPS) is 13.7. The number of rotatable bonds is 5. The summed E-state index contributed by atoms with van der Waals surface area (Å²) in [6.45, 7) is 0.691. The Balaban J connectivity index is 2.76. The smallest absolute Gasteiger partial charge is 0.414 e. The van der Waals surface area contributed by atoms with Gasteiger partial charge in [0.15, 0.2) is 6.10 Å². The number of carboxylic acid groups (broad SMARTS) is 1. The topological polar surface area (TPSA) is 46.5 Å². The van der Waals surface area contributed by atoms with Crippen LogP contribution in [-0.2, 0) is 16.1 Å². The SMILES string of the molecule is CC(OCc1ccccc1C=CC(=O)O)C(F)(F)F. The van der Waals surface area contributed by atoms with Crippen LogP contribution in [0.2, 0.25) is 0 Å². The van der Waals surface area contributed by atoms with Crippen molar-refractivity contribution in [1.29, 1.82) is 0 Å². The van der Waals surface area contributed by atoms with Crippen LogP contribution in [-0.4, -0.2) is 23.4 Å². The molecule has 19 heavy (non-hydrogen) atoms. The van der Waals surface area contributed by atoms with Crippen LogP contribution in [0.5, 0.6) is 0 Å². The highest BCUT2D eigenvalue weighted by atomic mass is 19.4. The molecule has 1 atom stereocenters. The van der Waals surface area contributed by atoms with Gasteiger partial charge in [-0.25, -0.2) is 4.79 Å². The third kappa shape index (κ3) is 5.13. The van der Waals surface area contributed by atoms with Crippen LogP contribution in [0.15, 0.2) is 30.3 Å². The molecule has 1 unspecified atom stereocenters. The number of ether oxygens (including phenoxy) is 1. The summed E-state index contributed by atoms with van der Waals surface area (Å²) in [7, 11) is 0. The fourth-order valence-electron chi connectivity index (χ4n) is 1.30. The average Bonchev–Trinajstić information content (AvgIpc) is 2.33. The average molecular weight is 274 g/mol. The Kier molecular flexibility index (Phi) is 5.11. The highest BCUT2D eigenvalue weighted by molar-refractivity contribution is 5.85. The molecule has 0 aliphatic heterocycles. The van der Waals surface area contributed by atoms with E-state index in [0.717, 1.165) is 13.0 Å². The lowest BCUT2D eigenvalue weighted by Crippen LogP contribution is -2.28. The van der Waals surface area contributed by atoms with Crippen molar-refractivity contribution in [3.63, 3.8) is 0 Å². The number of aliphatic carboxylic acids is 1. The van der Waals surface area contributed by atoms with Crippen LogP contribution >= 0.6 is 0 Å². The molecule has 3 nitrogen and oxygen atoms in total. The molecule has 0 aliphatic rings. The molecule has 104 valence electrons. The predicted octanol–water partition coefficient (Wildman–Crippen LogP) is 3.25. The minimum atomic E-state index is -4.41. The van der Waals surface area contributed by atoms with E-state index in [1.807, 2.05) is 0 Å². The van der Waals surface area contributed by atoms with Crippen LogP contribution in [0.3, 0.4) is 0 Å². The van der Waals surface area contributed by atoms with Crippen molar-refractivity contribution in [3.05, 3.63) is 41.5 Å². The first-order chi connectivity index (χ1) is 8.80. The second-order valence-electron chi connectivity index (χ2n) is 3.87. The minimum Gasteiger partial charge on any atom is -0.478 e. The quantitative estimate of drug-likeness (QED) is 0.838. The maximum absolute atomic E-state index is 12.3. The Bertz CT molecular complexity index is 466. The van der Waals surface area contributed by atoms with Gasteiger partial charge in [-0.05, 0) is 24.1 Å². The summed E-state index contributed by atoms with van der Waals surface area (Å²) in [5.74, 6) is -1.13. The van der Waals surface area contributed by atoms with Crippen LogP contribution in [0.1, 0.15) is 18.1 Å². The zero-order valence-electron chi connectivity index (χ0n) is 10.1. The van der Waals surface area contributed by atoms with E-state index in [9.17, 15) is 18.0 Å². The van der Waals surface area contributed by atoms with Gasteiger partial charge in [-0.1, -0.05) is 24.3 Å². The molecule has 0 aliphatic carbocycles. The van der Waals surface area contributed by atoms with Gasteiger partial charge in [0.25, 0.3) is 0 Å². The van der Waals surface area contributed by atoms with E-state index in [1.165, 1.54) is 6.08 Å². The van der Waals surface area contributed by atoms with E-state index in [1.54, 1.807) is 24.3 Å². The molecule has 0 aromatic heterocycles. The van der Waals surface area contributed by atoms with Crippen molar-refractivity contribution in [1.82, 2.24) is 0 Å². The fourth-order valence-corrected chi connectivity index (χ4v) is 1.30. The van der Waals surface area contributed by atoms with Gasteiger partial charge in [-0.15, -0.1) is 0 Å². The third-order valence-electron chi connectivity index (χ3n) is 2.41. The van der Waals surface area contributed by atoms with Crippen molar-refractivity contribution < 1.29 is 27.8 Å². The first kappa shape index (κ1) is 15.2. The molecular weight excluding hydrogens is 261 g/mol. The predicted molar refractivity (Wildman–Crippen MR) is 63.4 cm³/mol. The molecule has 0 saturated heterocycles. The Morgan fingerprint density at radius 1 is 1.42 bits per heavy atom. The summed E-state index contributed by atoms with van der Waals surface area (Å²) in [6, 6.07) is 6.51. The van der Waals surface area contributed by atoms with Crippen molar-refractivity contribution in [2.75, 3.05) is 0 Å². The molecule has 0 spiro atoms. The molecule has 1 aromatic carbocycles. The van der Waals surface area contributed by atoms with Gasteiger partial charge in [0, 0.05) is 6.08 Å². The van der Waals surface area contributed by atoms with Crippen LogP contribution in [0.25, 0.3) is 6.08 Å². The largest absolute Gasteiger partial charge is 0.478 e. The highest BCUT2D eigenvalue weighted by Gasteiger charge is 2.36. The number of halogens is 3. The lowest BCUT2D eigenvalue weighted by molar-refractivity contribution is -0.217. The van der Waals surface area contributed by atoms with Crippen LogP contribution < -0.4 is 0 Å². The van der Waals surface area contributed by atoms with Crippen molar-refractivity contribution >= 4 is 12.0 Å². The summed E-state index contributed by atoms with van der Waals surface area (Å²) in [6.07, 6.45) is -4.04. The second-order valence-corrected chi connectivity index (χ2v) is 3.87. The van der Waals surface area contributed by atoms with E-state index in [2.05, 4.69) is 0 Å². The number of carboxylic acids is 1. The minimum absolute atomic E-state index is 0.235. The van der Waals surface area contributed by atoms with E-state index in [4.69, 9.17) is 9.84 Å².